The zero-order chi connectivity index (χ0) is 13.7. The fourth-order valence-corrected chi connectivity index (χ4v) is 3.21. The molecule has 1 aliphatic carbocycles. The van der Waals surface area contributed by atoms with E-state index in [0.717, 1.165) is 24.1 Å². The van der Waals surface area contributed by atoms with E-state index in [2.05, 4.69) is 43.4 Å². The van der Waals surface area contributed by atoms with Crippen molar-refractivity contribution in [1.82, 2.24) is 5.32 Å². The molecule has 0 radical (unpaired) electrons. The second-order valence-corrected chi connectivity index (χ2v) is 5.83. The van der Waals surface area contributed by atoms with Crippen LogP contribution in [0.1, 0.15) is 51.1 Å². The van der Waals surface area contributed by atoms with Crippen molar-refractivity contribution in [3.63, 3.8) is 0 Å². The molecule has 0 spiro atoms. The molecule has 2 heteroatoms. The number of methoxy groups -OCH3 is 1. The molecule has 1 N–H and O–H groups in total. The lowest BCUT2D eigenvalue weighted by Crippen LogP contribution is -2.30. The van der Waals surface area contributed by atoms with Crippen molar-refractivity contribution in [1.29, 1.82) is 0 Å². The Balaban J connectivity index is 2.09. The van der Waals surface area contributed by atoms with Gasteiger partial charge in [-0.3, -0.25) is 0 Å². The smallest absolute Gasteiger partial charge is 0.118 e. The number of benzene rings is 1. The predicted molar refractivity (Wildman–Crippen MR) is 80.5 cm³/mol. The SMILES string of the molecule is CCNC(c1ccc(OC)cc1)C1CCC(C)CC1. The summed E-state index contributed by atoms with van der Waals surface area (Å²) in [4.78, 5) is 0. The topological polar surface area (TPSA) is 21.3 Å². The minimum absolute atomic E-state index is 0.503. The maximum absolute atomic E-state index is 5.25. The van der Waals surface area contributed by atoms with Gasteiger partial charge in [-0.25, -0.2) is 0 Å². The molecule has 0 amide bonds. The van der Waals surface area contributed by atoms with Crippen LogP contribution in [0.2, 0.25) is 0 Å². The van der Waals surface area contributed by atoms with Crippen LogP contribution in [0.3, 0.4) is 0 Å². The Morgan fingerprint density at radius 2 is 1.79 bits per heavy atom. The predicted octanol–water partition coefficient (Wildman–Crippen LogP) is 4.17. The van der Waals surface area contributed by atoms with Crippen molar-refractivity contribution < 1.29 is 4.74 Å². The molecule has 1 aliphatic rings. The van der Waals surface area contributed by atoms with Crippen molar-refractivity contribution >= 4 is 0 Å². The van der Waals surface area contributed by atoms with Gasteiger partial charge in [0, 0.05) is 6.04 Å². The summed E-state index contributed by atoms with van der Waals surface area (Å²) in [5.41, 5.74) is 1.40. The second-order valence-electron chi connectivity index (χ2n) is 5.83. The van der Waals surface area contributed by atoms with E-state index < -0.39 is 0 Å². The largest absolute Gasteiger partial charge is 0.497 e. The van der Waals surface area contributed by atoms with Crippen molar-refractivity contribution in [3.8, 4) is 5.75 Å². The van der Waals surface area contributed by atoms with Crippen LogP contribution in [0.25, 0.3) is 0 Å². The van der Waals surface area contributed by atoms with E-state index in [-0.39, 0.29) is 0 Å². The fourth-order valence-electron chi connectivity index (χ4n) is 3.21. The van der Waals surface area contributed by atoms with Crippen molar-refractivity contribution in [2.24, 2.45) is 11.8 Å². The highest BCUT2D eigenvalue weighted by Crippen LogP contribution is 2.37. The van der Waals surface area contributed by atoms with Gasteiger partial charge in [0.2, 0.25) is 0 Å². The summed E-state index contributed by atoms with van der Waals surface area (Å²) in [5.74, 6) is 2.63. The standard InChI is InChI=1S/C17H27NO/c1-4-18-17(14-7-5-13(2)6-8-14)15-9-11-16(19-3)12-10-15/h9-14,17-18H,4-8H2,1-3H3. The van der Waals surface area contributed by atoms with Gasteiger partial charge < -0.3 is 10.1 Å². The summed E-state index contributed by atoms with van der Waals surface area (Å²) < 4.78 is 5.25. The molecule has 0 aromatic heterocycles. The second kappa shape index (κ2) is 6.95. The van der Waals surface area contributed by atoms with E-state index in [1.807, 2.05) is 0 Å². The van der Waals surface area contributed by atoms with Crippen LogP contribution >= 0.6 is 0 Å². The number of ether oxygens (including phenoxy) is 1. The van der Waals surface area contributed by atoms with Gasteiger partial charge in [-0.15, -0.1) is 0 Å². The van der Waals surface area contributed by atoms with Gasteiger partial charge in [-0.1, -0.05) is 38.8 Å². The molecule has 1 aromatic carbocycles. The van der Waals surface area contributed by atoms with E-state index >= 15 is 0 Å². The molecular weight excluding hydrogens is 234 g/mol. The molecule has 0 bridgehead atoms. The summed E-state index contributed by atoms with van der Waals surface area (Å²) in [6, 6.07) is 9.08. The number of hydrogen-bond acceptors (Lipinski definition) is 2. The van der Waals surface area contributed by atoms with Crippen molar-refractivity contribution in [3.05, 3.63) is 29.8 Å². The van der Waals surface area contributed by atoms with Gasteiger partial charge >= 0.3 is 0 Å². The molecule has 0 heterocycles. The van der Waals surface area contributed by atoms with Crippen LogP contribution in [0.5, 0.6) is 5.75 Å². The molecule has 19 heavy (non-hydrogen) atoms. The van der Waals surface area contributed by atoms with Crippen LogP contribution < -0.4 is 10.1 Å². The van der Waals surface area contributed by atoms with Gasteiger partial charge in [-0.2, -0.15) is 0 Å². The molecule has 1 unspecified atom stereocenters. The third kappa shape index (κ3) is 3.73. The monoisotopic (exact) mass is 261 g/mol. The van der Waals surface area contributed by atoms with Gasteiger partial charge in [0.25, 0.3) is 0 Å². The lowest BCUT2D eigenvalue weighted by atomic mass is 9.77. The van der Waals surface area contributed by atoms with Crippen molar-refractivity contribution in [2.45, 2.75) is 45.6 Å². The van der Waals surface area contributed by atoms with Crippen LogP contribution in [0.15, 0.2) is 24.3 Å². The molecule has 1 saturated carbocycles. The summed E-state index contributed by atoms with van der Waals surface area (Å²) in [6.07, 6.45) is 5.46. The van der Waals surface area contributed by atoms with E-state index in [9.17, 15) is 0 Å². The van der Waals surface area contributed by atoms with Crippen LogP contribution in [0, 0.1) is 11.8 Å². The molecule has 1 fully saturated rings. The average molecular weight is 261 g/mol. The Kier molecular flexibility index (Phi) is 5.26. The van der Waals surface area contributed by atoms with Gasteiger partial charge in [0.05, 0.1) is 7.11 Å². The lowest BCUT2D eigenvalue weighted by Gasteiger charge is -2.33. The maximum Gasteiger partial charge on any atom is 0.118 e. The highest BCUT2D eigenvalue weighted by Gasteiger charge is 2.26. The minimum atomic E-state index is 0.503. The zero-order valence-electron chi connectivity index (χ0n) is 12.5. The first-order valence-corrected chi connectivity index (χ1v) is 7.62. The number of nitrogens with one attached hydrogen (secondary N) is 1. The molecule has 2 nitrogen and oxygen atoms in total. The highest BCUT2D eigenvalue weighted by molar-refractivity contribution is 5.29. The quantitative estimate of drug-likeness (QED) is 0.859. The zero-order valence-corrected chi connectivity index (χ0v) is 12.5. The Labute approximate surface area is 117 Å². The molecule has 1 aromatic rings. The highest BCUT2D eigenvalue weighted by atomic mass is 16.5. The first kappa shape index (κ1) is 14.4. The van der Waals surface area contributed by atoms with Crippen LogP contribution in [-0.2, 0) is 0 Å². The molecule has 2 rings (SSSR count). The molecule has 0 aliphatic heterocycles. The molecule has 106 valence electrons. The van der Waals surface area contributed by atoms with E-state index in [4.69, 9.17) is 4.74 Å². The van der Waals surface area contributed by atoms with Gasteiger partial charge in [0.1, 0.15) is 5.75 Å². The number of rotatable bonds is 5. The van der Waals surface area contributed by atoms with E-state index in [1.165, 1.54) is 31.2 Å². The van der Waals surface area contributed by atoms with Crippen molar-refractivity contribution in [2.75, 3.05) is 13.7 Å². The molecular formula is C17H27NO. The van der Waals surface area contributed by atoms with E-state index in [1.54, 1.807) is 7.11 Å². The van der Waals surface area contributed by atoms with Crippen LogP contribution in [-0.4, -0.2) is 13.7 Å². The molecule has 0 saturated heterocycles. The third-order valence-electron chi connectivity index (χ3n) is 4.43. The Hall–Kier alpha value is -1.02. The maximum atomic E-state index is 5.25. The first-order chi connectivity index (χ1) is 9.24. The minimum Gasteiger partial charge on any atom is -0.497 e. The number of hydrogen-bond donors (Lipinski definition) is 1. The summed E-state index contributed by atoms with van der Waals surface area (Å²) in [7, 11) is 1.72. The lowest BCUT2D eigenvalue weighted by molar-refractivity contribution is 0.233. The summed E-state index contributed by atoms with van der Waals surface area (Å²) >= 11 is 0. The molecule has 1 atom stereocenters. The summed E-state index contributed by atoms with van der Waals surface area (Å²) in [5, 5.41) is 3.68. The third-order valence-corrected chi connectivity index (χ3v) is 4.43. The normalized spacial score (nSPS) is 25.0. The van der Waals surface area contributed by atoms with Crippen LogP contribution in [0.4, 0.5) is 0 Å². The Morgan fingerprint density at radius 1 is 1.16 bits per heavy atom. The Morgan fingerprint density at radius 3 is 2.32 bits per heavy atom. The van der Waals surface area contributed by atoms with Gasteiger partial charge in [-0.05, 0) is 48.9 Å². The van der Waals surface area contributed by atoms with E-state index in [0.29, 0.717) is 6.04 Å². The fraction of sp³-hybridized carbons (Fsp3) is 0.647. The van der Waals surface area contributed by atoms with Gasteiger partial charge in [0.15, 0.2) is 0 Å². The Bertz CT molecular complexity index is 365. The first-order valence-electron chi connectivity index (χ1n) is 7.62. The summed E-state index contributed by atoms with van der Waals surface area (Å²) in [6.45, 7) is 5.61. The average Bonchev–Trinajstić information content (AvgIpc) is 2.46.